The van der Waals surface area contributed by atoms with Crippen molar-refractivity contribution in [2.45, 2.75) is 38.6 Å². The topological polar surface area (TPSA) is 55.5 Å². The van der Waals surface area contributed by atoms with Gasteiger partial charge in [0.05, 0.1) is 7.11 Å². The third-order valence-electron chi connectivity index (χ3n) is 3.75. The molecule has 1 saturated carbocycles. The molecule has 16 heavy (non-hydrogen) atoms. The van der Waals surface area contributed by atoms with Crippen LogP contribution in [-0.2, 0) is 5.54 Å². The lowest BCUT2D eigenvalue weighted by Gasteiger charge is -2.39. The Balaban J connectivity index is 2.58. The van der Waals surface area contributed by atoms with Crippen LogP contribution in [0.2, 0.25) is 0 Å². The molecule has 0 amide bonds. The molecule has 88 valence electrons. The smallest absolute Gasteiger partial charge is 0.164 e. The lowest BCUT2D eigenvalue weighted by molar-refractivity contribution is 0.242. The summed E-state index contributed by atoms with van der Waals surface area (Å²) in [6.45, 7) is 3.96. The summed E-state index contributed by atoms with van der Waals surface area (Å²) in [5.74, 6) is 0.777. The molecule has 0 radical (unpaired) electrons. The average molecular weight is 221 g/mol. The lowest BCUT2D eigenvalue weighted by Crippen LogP contribution is -2.43. The molecular weight excluding hydrogens is 202 g/mol. The normalized spacial score (nSPS) is 18.0. The minimum atomic E-state index is -0.351. The van der Waals surface area contributed by atoms with E-state index in [1.807, 2.05) is 19.9 Å². The van der Waals surface area contributed by atoms with Crippen molar-refractivity contribution in [2.75, 3.05) is 7.11 Å². The van der Waals surface area contributed by atoms with E-state index in [0.717, 1.165) is 36.0 Å². The van der Waals surface area contributed by atoms with Gasteiger partial charge in [-0.25, -0.2) is 0 Å². The molecule has 0 aliphatic heterocycles. The van der Waals surface area contributed by atoms with Crippen LogP contribution in [0.15, 0.2) is 6.07 Å². The highest BCUT2D eigenvalue weighted by Gasteiger charge is 2.37. The van der Waals surface area contributed by atoms with Crippen molar-refractivity contribution >= 4 is 0 Å². The second kappa shape index (κ2) is 3.67. The molecule has 1 aromatic carbocycles. The minimum Gasteiger partial charge on any atom is -0.504 e. The van der Waals surface area contributed by atoms with Gasteiger partial charge in [-0.3, -0.25) is 0 Å². The third-order valence-corrected chi connectivity index (χ3v) is 3.75. The van der Waals surface area contributed by atoms with Crippen molar-refractivity contribution in [3.05, 3.63) is 22.8 Å². The maximum atomic E-state index is 10.2. The first kappa shape index (κ1) is 11.3. The average Bonchev–Trinajstić information content (AvgIpc) is 2.21. The molecule has 3 N–H and O–H groups in total. The maximum absolute atomic E-state index is 10.2. The number of phenolic OH excluding ortho intramolecular Hbond substituents is 1. The zero-order valence-electron chi connectivity index (χ0n) is 10.1. The Bertz CT molecular complexity index is 422. The van der Waals surface area contributed by atoms with Crippen LogP contribution in [0.25, 0.3) is 0 Å². The molecule has 0 saturated heterocycles. The van der Waals surface area contributed by atoms with E-state index < -0.39 is 0 Å². The molecule has 0 bridgehead atoms. The molecule has 1 aromatic rings. The number of methoxy groups -OCH3 is 1. The van der Waals surface area contributed by atoms with E-state index >= 15 is 0 Å². The zero-order valence-corrected chi connectivity index (χ0v) is 10.1. The van der Waals surface area contributed by atoms with Crippen molar-refractivity contribution in [3.63, 3.8) is 0 Å². The van der Waals surface area contributed by atoms with Crippen LogP contribution in [0.1, 0.15) is 36.0 Å². The SMILES string of the molecule is COc1c(C)c(C)cc(C2(N)CCC2)c1O. The number of aromatic hydroxyl groups is 1. The van der Waals surface area contributed by atoms with Crippen LogP contribution < -0.4 is 10.5 Å². The number of hydrogen-bond acceptors (Lipinski definition) is 3. The quantitative estimate of drug-likeness (QED) is 0.806. The molecule has 0 unspecified atom stereocenters. The van der Waals surface area contributed by atoms with Crippen molar-refractivity contribution < 1.29 is 9.84 Å². The summed E-state index contributed by atoms with van der Waals surface area (Å²) >= 11 is 0. The first-order valence-corrected chi connectivity index (χ1v) is 5.66. The van der Waals surface area contributed by atoms with Gasteiger partial charge < -0.3 is 15.6 Å². The van der Waals surface area contributed by atoms with Crippen molar-refractivity contribution in [1.82, 2.24) is 0 Å². The van der Waals surface area contributed by atoms with E-state index in [0.29, 0.717) is 5.75 Å². The largest absolute Gasteiger partial charge is 0.504 e. The Morgan fingerprint density at radius 2 is 2.00 bits per heavy atom. The van der Waals surface area contributed by atoms with Gasteiger partial charge >= 0.3 is 0 Å². The molecule has 0 spiro atoms. The van der Waals surface area contributed by atoms with E-state index in [2.05, 4.69) is 0 Å². The van der Waals surface area contributed by atoms with Gasteiger partial charge in [0.2, 0.25) is 0 Å². The molecule has 2 rings (SSSR count). The van der Waals surface area contributed by atoms with Gasteiger partial charge in [0.25, 0.3) is 0 Å². The highest BCUT2D eigenvalue weighted by molar-refractivity contribution is 5.56. The van der Waals surface area contributed by atoms with E-state index in [1.54, 1.807) is 7.11 Å². The van der Waals surface area contributed by atoms with E-state index in [1.165, 1.54) is 0 Å². The minimum absolute atomic E-state index is 0.216. The Kier molecular flexibility index (Phi) is 2.58. The zero-order chi connectivity index (χ0) is 11.9. The molecule has 1 aliphatic rings. The van der Waals surface area contributed by atoms with Crippen LogP contribution in [0.5, 0.6) is 11.5 Å². The summed E-state index contributed by atoms with van der Waals surface area (Å²) in [6, 6.07) is 1.99. The maximum Gasteiger partial charge on any atom is 0.164 e. The fourth-order valence-electron chi connectivity index (χ4n) is 2.33. The van der Waals surface area contributed by atoms with Gasteiger partial charge in [0, 0.05) is 11.1 Å². The number of aryl methyl sites for hydroxylation is 1. The molecule has 3 nitrogen and oxygen atoms in total. The summed E-state index contributed by atoms with van der Waals surface area (Å²) in [6.07, 6.45) is 3.00. The first-order valence-electron chi connectivity index (χ1n) is 5.66. The summed E-state index contributed by atoms with van der Waals surface area (Å²) < 4.78 is 5.26. The van der Waals surface area contributed by atoms with E-state index in [-0.39, 0.29) is 11.3 Å². The monoisotopic (exact) mass is 221 g/mol. The van der Waals surface area contributed by atoms with E-state index in [9.17, 15) is 5.11 Å². The number of rotatable bonds is 2. The number of nitrogens with two attached hydrogens (primary N) is 1. The number of ether oxygens (including phenoxy) is 1. The standard InChI is InChI=1S/C13H19NO2/c1-8-7-10(13(14)5-4-6-13)11(15)12(16-3)9(8)2/h7,15H,4-6,14H2,1-3H3. The highest BCUT2D eigenvalue weighted by Crippen LogP contribution is 2.47. The molecule has 0 heterocycles. The third kappa shape index (κ3) is 1.47. The van der Waals surface area contributed by atoms with Gasteiger partial charge in [-0.2, -0.15) is 0 Å². The second-order valence-corrected chi connectivity index (χ2v) is 4.76. The Labute approximate surface area is 96.2 Å². The summed E-state index contributed by atoms with van der Waals surface area (Å²) in [5, 5.41) is 10.2. The molecule has 1 fully saturated rings. The van der Waals surface area contributed by atoms with Gasteiger partial charge in [0.15, 0.2) is 11.5 Å². The van der Waals surface area contributed by atoms with Gasteiger partial charge in [-0.1, -0.05) is 0 Å². The van der Waals surface area contributed by atoms with Crippen LogP contribution in [0.3, 0.4) is 0 Å². The van der Waals surface area contributed by atoms with Crippen LogP contribution in [0.4, 0.5) is 0 Å². The molecule has 0 atom stereocenters. The van der Waals surface area contributed by atoms with Gasteiger partial charge in [0.1, 0.15) is 0 Å². The molecule has 3 heteroatoms. The second-order valence-electron chi connectivity index (χ2n) is 4.76. The van der Waals surface area contributed by atoms with Crippen molar-refractivity contribution in [2.24, 2.45) is 5.73 Å². The van der Waals surface area contributed by atoms with E-state index in [4.69, 9.17) is 10.5 Å². The summed E-state index contributed by atoms with van der Waals surface area (Å²) in [5.41, 5.74) is 8.82. The molecular formula is C13H19NO2. The van der Waals surface area contributed by atoms with Crippen LogP contribution >= 0.6 is 0 Å². The fourth-order valence-corrected chi connectivity index (χ4v) is 2.33. The molecule has 1 aliphatic carbocycles. The number of benzene rings is 1. The van der Waals surface area contributed by atoms with Crippen LogP contribution in [0, 0.1) is 13.8 Å². The summed E-state index contributed by atoms with van der Waals surface area (Å²) in [4.78, 5) is 0. The highest BCUT2D eigenvalue weighted by atomic mass is 16.5. The van der Waals surface area contributed by atoms with Crippen molar-refractivity contribution in [1.29, 1.82) is 0 Å². The predicted molar refractivity (Wildman–Crippen MR) is 63.8 cm³/mol. The van der Waals surface area contributed by atoms with Crippen LogP contribution in [-0.4, -0.2) is 12.2 Å². The Hall–Kier alpha value is -1.22. The van der Waals surface area contributed by atoms with Gasteiger partial charge in [-0.15, -0.1) is 0 Å². The first-order chi connectivity index (χ1) is 7.49. The number of phenols is 1. The van der Waals surface area contributed by atoms with Crippen molar-refractivity contribution in [3.8, 4) is 11.5 Å². The predicted octanol–water partition coefficient (Wildman–Crippen LogP) is 2.36. The Morgan fingerprint density at radius 3 is 2.44 bits per heavy atom. The summed E-state index contributed by atoms with van der Waals surface area (Å²) in [7, 11) is 1.58. The number of hydrogen-bond donors (Lipinski definition) is 2. The molecule has 0 aromatic heterocycles. The fraction of sp³-hybridized carbons (Fsp3) is 0.538. The lowest BCUT2D eigenvalue weighted by atomic mass is 9.72. The van der Waals surface area contributed by atoms with Gasteiger partial charge in [-0.05, 0) is 50.3 Å². The Morgan fingerprint density at radius 1 is 1.38 bits per heavy atom.